The first-order valence-corrected chi connectivity index (χ1v) is 5.63. The molecule has 0 bridgehead atoms. The van der Waals surface area contributed by atoms with Crippen molar-refractivity contribution in [3.8, 4) is 0 Å². The molecule has 0 aromatic carbocycles. The molecule has 0 aromatic heterocycles. The third-order valence-corrected chi connectivity index (χ3v) is 2.30. The van der Waals surface area contributed by atoms with Crippen LogP contribution in [0.4, 0.5) is 0 Å². The fourth-order valence-corrected chi connectivity index (χ4v) is 1.40. The Hall–Kier alpha value is -0.790. The lowest BCUT2D eigenvalue weighted by Crippen LogP contribution is -2.32. The largest absolute Gasteiger partial charge is 0.339 e. The summed E-state index contributed by atoms with van der Waals surface area (Å²) in [5.41, 5.74) is 0.880. The van der Waals surface area contributed by atoms with E-state index in [0.717, 1.165) is 37.9 Å². The highest BCUT2D eigenvalue weighted by Crippen LogP contribution is 2.04. The van der Waals surface area contributed by atoms with E-state index in [1.54, 1.807) is 0 Å². The second-order valence-corrected chi connectivity index (χ2v) is 3.53. The molecule has 82 valence electrons. The Morgan fingerprint density at radius 3 is 2.36 bits per heavy atom. The topological polar surface area (TPSA) is 20.3 Å². The maximum Gasteiger partial charge on any atom is 0.249 e. The minimum absolute atomic E-state index is 0.197. The van der Waals surface area contributed by atoms with Crippen molar-refractivity contribution in [3.05, 3.63) is 11.6 Å². The number of carbonyl (C=O) groups excluding carboxylic acids is 1. The van der Waals surface area contributed by atoms with Gasteiger partial charge in [-0.2, -0.15) is 0 Å². The molecular weight excluding hydrogens is 174 g/mol. The molecule has 0 N–H and O–H groups in total. The Morgan fingerprint density at radius 1 is 1.29 bits per heavy atom. The number of hydrogen-bond donors (Lipinski definition) is 0. The monoisotopic (exact) mass is 197 g/mol. The van der Waals surface area contributed by atoms with Crippen molar-refractivity contribution in [2.75, 3.05) is 13.1 Å². The summed E-state index contributed by atoms with van der Waals surface area (Å²) >= 11 is 0. The highest BCUT2D eigenvalue weighted by molar-refractivity contribution is 5.92. The zero-order valence-corrected chi connectivity index (χ0v) is 9.97. The second-order valence-electron chi connectivity index (χ2n) is 3.53. The van der Waals surface area contributed by atoms with Crippen LogP contribution in [0, 0.1) is 0 Å². The molecule has 0 aromatic rings. The van der Waals surface area contributed by atoms with Crippen molar-refractivity contribution in [2.45, 2.75) is 47.0 Å². The summed E-state index contributed by atoms with van der Waals surface area (Å²) in [5.74, 6) is 0.197. The van der Waals surface area contributed by atoms with Gasteiger partial charge in [0.2, 0.25) is 5.91 Å². The van der Waals surface area contributed by atoms with E-state index in [1.165, 1.54) is 0 Å². The first kappa shape index (κ1) is 13.2. The van der Waals surface area contributed by atoms with Crippen molar-refractivity contribution in [3.63, 3.8) is 0 Å². The van der Waals surface area contributed by atoms with Gasteiger partial charge in [-0.3, -0.25) is 4.79 Å². The average Bonchev–Trinajstić information content (AvgIpc) is 2.19. The van der Waals surface area contributed by atoms with Gasteiger partial charge < -0.3 is 4.90 Å². The summed E-state index contributed by atoms with van der Waals surface area (Å²) in [4.78, 5) is 13.7. The van der Waals surface area contributed by atoms with Crippen LogP contribution in [-0.4, -0.2) is 23.9 Å². The van der Waals surface area contributed by atoms with Gasteiger partial charge >= 0.3 is 0 Å². The van der Waals surface area contributed by atoms with Crippen molar-refractivity contribution in [1.82, 2.24) is 4.90 Å². The molecule has 0 aliphatic rings. The Labute approximate surface area is 88.0 Å². The van der Waals surface area contributed by atoms with E-state index in [9.17, 15) is 4.79 Å². The predicted octanol–water partition coefficient (Wildman–Crippen LogP) is 2.99. The molecule has 0 rings (SSSR count). The van der Waals surface area contributed by atoms with E-state index in [1.807, 2.05) is 24.8 Å². The average molecular weight is 197 g/mol. The quantitative estimate of drug-likeness (QED) is 0.599. The van der Waals surface area contributed by atoms with Gasteiger partial charge in [-0.15, -0.1) is 0 Å². The molecule has 0 atom stereocenters. The van der Waals surface area contributed by atoms with E-state index in [-0.39, 0.29) is 5.91 Å². The number of amides is 1. The Bertz CT molecular complexity index is 196. The summed E-state index contributed by atoms with van der Waals surface area (Å²) in [6.45, 7) is 9.84. The highest BCUT2D eigenvalue weighted by atomic mass is 16.2. The number of nitrogens with zero attached hydrogens (tertiary/aromatic N) is 1. The van der Waals surface area contributed by atoms with Crippen LogP contribution in [0.15, 0.2) is 11.6 Å². The summed E-state index contributed by atoms with van der Waals surface area (Å²) in [7, 11) is 0. The van der Waals surface area contributed by atoms with Gasteiger partial charge in [0.1, 0.15) is 0 Å². The smallest absolute Gasteiger partial charge is 0.249 e. The van der Waals surface area contributed by atoms with Crippen LogP contribution < -0.4 is 0 Å². The van der Waals surface area contributed by atoms with E-state index in [0.29, 0.717) is 0 Å². The van der Waals surface area contributed by atoms with E-state index in [2.05, 4.69) is 13.8 Å². The molecule has 14 heavy (non-hydrogen) atoms. The molecule has 0 heterocycles. The number of likely N-dealkylation sites (N-methyl/N-ethyl adjacent to an activating group) is 1. The van der Waals surface area contributed by atoms with Crippen molar-refractivity contribution in [2.24, 2.45) is 0 Å². The number of carbonyl (C=O) groups is 1. The van der Waals surface area contributed by atoms with Crippen LogP contribution in [0.5, 0.6) is 0 Å². The first-order valence-electron chi connectivity index (χ1n) is 5.63. The van der Waals surface area contributed by atoms with Crippen molar-refractivity contribution < 1.29 is 4.79 Å². The maximum atomic E-state index is 11.8. The van der Waals surface area contributed by atoms with E-state index >= 15 is 0 Å². The molecule has 1 amide bonds. The van der Waals surface area contributed by atoms with Crippen LogP contribution in [0.3, 0.4) is 0 Å². The Morgan fingerprint density at radius 2 is 1.93 bits per heavy atom. The van der Waals surface area contributed by atoms with Crippen LogP contribution in [0.1, 0.15) is 47.0 Å². The molecule has 2 heteroatoms. The normalized spacial score (nSPS) is 11.6. The number of rotatable bonds is 6. The first-order chi connectivity index (χ1) is 6.67. The van der Waals surface area contributed by atoms with E-state index < -0.39 is 0 Å². The predicted molar refractivity (Wildman–Crippen MR) is 61.2 cm³/mol. The molecule has 0 saturated heterocycles. The number of hydrogen-bond acceptors (Lipinski definition) is 1. The summed E-state index contributed by atoms with van der Waals surface area (Å²) in [6.07, 6.45) is 5.17. The summed E-state index contributed by atoms with van der Waals surface area (Å²) < 4.78 is 0. The standard InChI is InChI=1S/C12H23NO/c1-5-8-10-13(7-3)12(14)11(4)9-6-2/h9H,5-8,10H2,1-4H3/b11-9+. The van der Waals surface area contributed by atoms with Gasteiger partial charge in [0.15, 0.2) is 0 Å². The third kappa shape index (κ3) is 4.45. The third-order valence-electron chi connectivity index (χ3n) is 2.30. The van der Waals surface area contributed by atoms with Crippen LogP contribution in [-0.2, 0) is 4.79 Å². The van der Waals surface area contributed by atoms with Crippen LogP contribution >= 0.6 is 0 Å². The summed E-state index contributed by atoms with van der Waals surface area (Å²) in [6, 6.07) is 0. The SMILES string of the molecule is CC/C=C(\C)C(=O)N(CC)CCCC. The highest BCUT2D eigenvalue weighted by Gasteiger charge is 2.11. The molecule has 2 nitrogen and oxygen atoms in total. The zero-order valence-electron chi connectivity index (χ0n) is 9.97. The van der Waals surface area contributed by atoms with Gasteiger partial charge in [0, 0.05) is 18.7 Å². The van der Waals surface area contributed by atoms with Crippen LogP contribution in [0.25, 0.3) is 0 Å². The molecule has 0 spiro atoms. The van der Waals surface area contributed by atoms with Crippen molar-refractivity contribution in [1.29, 1.82) is 0 Å². The van der Waals surface area contributed by atoms with Gasteiger partial charge in [0.25, 0.3) is 0 Å². The van der Waals surface area contributed by atoms with E-state index in [4.69, 9.17) is 0 Å². The zero-order chi connectivity index (χ0) is 11.0. The van der Waals surface area contributed by atoms with Gasteiger partial charge in [0.05, 0.1) is 0 Å². The molecule has 0 radical (unpaired) electrons. The minimum Gasteiger partial charge on any atom is -0.339 e. The van der Waals surface area contributed by atoms with Crippen LogP contribution in [0.2, 0.25) is 0 Å². The Balaban J connectivity index is 4.23. The van der Waals surface area contributed by atoms with Gasteiger partial charge in [-0.1, -0.05) is 26.3 Å². The lowest BCUT2D eigenvalue weighted by molar-refractivity contribution is -0.127. The number of unbranched alkanes of at least 4 members (excludes halogenated alkanes) is 1. The molecule has 0 unspecified atom stereocenters. The minimum atomic E-state index is 0.197. The van der Waals surface area contributed by atoms with Crippen molar-refractivity contribution >= 4 is 5.91 Å². The summed E-state index contributed by atoms with van der Waals surface area (Å²) in [5, 5.41) is 0. The fourth-order valence-electron chi connectivity index (χ4n) is 1.40. The molecular formula is C12H23NO. The lowest BCUT2D eigenvalue weighted by Gasteiger charge is -2.20. The maximum absolute atomic E-state index is 11.8. The number of allylic oxidation sites excluding steroid dienone is 1. The Kier molecular flexibility index (Phi) is 7.17. The molecule has 0 fully saturated rings. The fraction of sp³-hybridized carbons (Fsp3) is 0.750. The van der Waals surface area contributed by atoms with Gasteiger partial charge in [-0.05, 0) is 26.7 Å². The molecule has 0 saturated carbocycles. The molecule has 0 aliphatic heterocycles. The second kappa shape index (κ2) is 7.60. The lowest BCUT2D eigenvalue weighted by atomic mass is 10.2. The van der Waals surface area contributed by atoms with Gasteiger partial charge in [-0.25, -0.2) is 0 Å². The molecule has 0 aliphatic carbocycles.